The van der Waals surface area contributed by atoms with Gasteiger partial charge in [-0.25, -0.2) is 0 Å². The maximum absolute atomic E-state index is 6.12. The summed E-state index contributed by atoms with van der Waals surface area (Å²) in [4.78, 5) is 0. The van der Waals surface area contributed by atoms with Crippen LogP contribution in [0, 0.1) is 0 Å². The molecule has 0 aromatic heterocycles. The Balaban J connectivity index is 3.52. The van der Waals surface area contributed by atoms with Crippen LogP contribution in [0.2, 0.25) is 0 Å². The second-order valence-corrected chi connectivity index (χ2v) is 8.71. The summed E-state index contributed by atoms with van der Waals surface area (Å²) < 4.78 is 6.12. The van der Waals surface area contributed by atoms with Gasteiger partial charge in [0.25, 0.3) is 0 Å². The van der Waals surface area contributed by atoms with Crippen molar-refractivity contribution >= 4 is 0 Å². The lowest BCUT2D eigenvalue weighted by molar-refractivity contribution is 0.319. The molecule has 23 heavy (non-hydrogen) atoms. The third kappa shape index (κ3) is 5.24. The van der Waals surface area contributed by atoms with Crippen LogP contribution in [0.15, 0.2) is 12.1 Å². The minimum absolute atomic E-state index is 0.0636. The third-order valence-electron chi connectivity index (χ3n) is 4.43. The number of nitrogens with two attached hydrogens (primary N) is 1. The Hall–Kier alpha value is -1.02. The van der Waals surface area contributed by atoms with Crippen molar-refractivity contribution < 1.29 is 4.74 Å². The quantitative estimate of drug-likeness (QED) is 0.749. The van der Waals surface area contributed by atoms with E-state index in [4.69, 9.17) is 10.5 Å². The average Bonchev–Trinajstić information content (AvgIpc) is 2.42. The molecule has 1 unspecified atom stereocenters. The summed E-state index contributed by atoms with van der Waals surface area (Å²) in [6, 6.07) is 4.73. The van der Waals surface area contributed by atoms with Crippen molar-refractivity contribution in [1.29, 1.82) is 0 Å². The van der Waals surface area contributed by atoms with Gasteiger partial charge in [-0.3, -0.25) is 0 Å². The molecule has 132 valence electrons. The van der Waals surface area contributed by atoms with Gasteiger partial charge >= 0.3 is 0 Å². The van der Waals surface area contributed by atoms with E-state index in [0.29, 0.717) is 12.5 Å². The van der Waals surface area contributed by atoms with Crippen LogP contribution in [0.3, 0.4) is 0 Å². The Morgan fingerprint density at radius 1 is 1.00 bits per heavy atom. The Bertz CT molecular complexity index is 471. The number of rotatable bonds is 6. The van der Waals surface area contributed by atoms with Crippen molar-refractivity contribution in [2.75, 3.05) is 13.2 Å². The standard InChI is InChI=1S/C21H37NO/c1-9-23-19-17(20(3,4)5)13-16(15(2)11-10-12-22)14-18(19)21(6,7)8/h13-15H,9-12,22H2,1-8H3. The molecule has 0 heterocycles. The zero-order valence-corrected chi connectivity index (χ0v) is 16.5. The van der Waals surface area contributed by atoms with E-state index < -0.39 is 0 Å². The smallest absolute Gasteiger partial charge is 0.126 e. The van der Waals surface area contributed by atoms with E-state index in [9.17, 15) is 0 Å². The summed E-state index contributed by atoms with van der Waals surface area (Å²) in [5, 5.41) is 0. The van der Waals surface area contributed by atoms with Gasteiger partial charge in [-0.15, -0.1) is 0 Å². The van der Waals surface area contributed by atoms with Crippen molar-refractivity contribution in [2.24, 2.45) is 5.73 Å². The minimum Gasteiger partial charge on any atom is -0.493 e. The van der Waals surface area contributed by atoms with Crippen LogP contribution in [0.4, 0.5) is 0 Å². The van der Waals surface area contributed by atoms with Crippen molar-refractivity contribution in [3.05, 3.63) is 28.8 Å². The van der Waals surface area contributed by atoms with E-state index in [-0.39, 0.29) is 10.8 Å². The van der Waals surface area contributed by atoms with E-state index in [1.807, 2.05) is 0 Å². The molecule has 1 rings (SSSR count). The second-order valence-electron chi connectivity index (χ2n) is 8.71. The van der Waals surface area contributed by atoms with Gasteiger partial charge in [0.15, 0.2) is 0 Å². The van der Waals surface area contributed by atoms with Crippen molar-refractivity contribution in [2.45, 2.75) is 85.0 Å². The first-order valence-corrected chi connectivity index (χ1v) is 9.04. The van der Waals surface area contributed by atoms with Gasteiger partial charge < -0.3 is 10.5 Å². The maximum Gasteiger partial charge on any atom is 0.126 e. The number of ether oxygens (including phenoxy) is 1. The van der Waals surface area contributed by atoms with Gasteiger partial charge in [0.2, 0.25) is 0 Å². The molecule has 0 saturated heterocycles. The summed E-state index contributed by atoms with van der Waals surface area (Å²) >= 11 is 0. The van der Waals surface area contributed by atoms with Crippen LogP contribution in [-0.2, 0) is 10.8 Å². The molecule has 1 aromatic carbocycles. The molecule has 2 N–H and O–H groups in total. The van der Waals surface area contributed by atoms with Gasteiger partial charge in [0, 0.05) is 11.1 Å². The van der Waals surface area contributed by atoms with E-state index in [1.54, 1.807) is 0 Å². The Labute approximate surface area is 143 Å². The van der Waals surface area contributed by atoms with Crippen molar-refractivity contribution in [3.8, 4) is 5.75 Å². The highest BCUT2D eigenvalue weighted by Gasteiger charge is 2.28. The molecule has 0 amide bonds. The molecule has 0 radical (unpaired) electrons. The predicted molar refractivity (Wildman–Crippen MR) is 102 cm³/mol. The van der Waals surface area contributed by atoms with E-state index in [2.05, 4.69) is 67.5 Å². The second kappa shape index (κ2) is 7.70. The monoisotopic (exact) mass is 319 g/mol. The maximum atomic E-state index is 6.12. The summed E-state index contributed by atoms with van der Waals surface area (Å²) in [7, 11) is 0. The normalized spacial score (nSPS) is 14.0. The van der Waals surface area contributed by atoms with Crippen molar-refractivity contribution in [1.82, 2.24) is 0 Å². The summed E-state index contributed by atoms with van der Waals surface area (Å²) in [6.45, 7) is 19.5. The molecule has 0 spiro atoms. The van der Waals surface area contributed by atoms with Gasteiger partial charge in [0.1, 0.15) is 5.75 Å². The SMILES string of the molecule is CCOc1c(C(C)(C)C)cc(C(C)CCCN)cc1C(C)(C)C. The molecule has 0 aliphatic rings. The Kier molecular flexibility index (Phi) is 6.70. The van der Waals surface area contributed by atoms with Gasteiger partial charge in [-0.05, 0) is 48.6 Å². The molecule has 0 aliphatic heterocycles. The lowest BCUT2D eigenvalue weighted by atomic mass is 9.76. The number of hydrogen-bond donors (Lipinski definition) is 1. The van der Waals surface area contributed by atoms with Gasteiger partial charge in [-0.2, -0.15) is 0 Å². The highest BCUT2D eigenvalue weighted by Crippen LogP contribution is 2.42. The molecule has 0 bridgehead atoms. The highest BCUT2D eigenvalue weighted by molar-refractivity contribution is 5.51. The third-order valence-corrected chi connectivity index (χ3v) is 4.43. The number of hydrogen-bond acceptors (Lipinski definition) is 2. The van der Waals surface area contributed by atoms with Gasteiger partial charge in [-0.1, -0.05) is 60.6 Å². The van der Waals surface area contributed by atoms with Gasteiger partial charge in [0.05, 0.1) is 6.61 Å². The van der Waals surface area contributed by atoms with Crippen LogP contribution < -0.4 is 10.5 Å². The molecular weight excluding hydrogens is 282 g/mol. The molecule has 0 aliphatic carbocycles. The molecule has 0 saturated carbocycles. The van der Waals surface area contributed by atoms with E-state index in [1.165, 1.54) is 16.7 Å². The molecule has 2 nitrogen and oxygen atoms in total. The lowest BCUT2D eigenvalue weighted by Crippen LogP contribution is -2.21. The fourth-order valence-electron chi connectivity index (χ4n) is 2.94. The minimum atomic E-state index is 0.0636. The molecule has 2 heteroatoms. The molecule has 0 fully saturated rings. The highest BCUT2D eigenvalue weighted by atomic mass is 16.5. The molecule has 1 aromatic rings. The van der Waals surface area contributed by atoms with E-state index >= 15 is 0 Å². The van der Waals surface area contributed by atoms with Crippen LogP contribution in [-0.4, -0.2) is 13.2 Å². The van der Waals surface area contributed by atoms with Crippen molar-refractivity contribution in [3.63, 3.8) is 0 Å². The zero-order chi connectivity index (χ0) is 17.8. The van der Waals surface area contributed by atoms with E-state index in [0.717, 1.165) is 25.1 Å². The van der Waals surface area contributed by atoms with Crippen LogP contribution in [0.25, 0.3) is 0 Å². The molecular formula is C21H37NO. The predicted octanol–water partition coefficient (Wildman–Crippen LogP) is 5.52. The Morgan fingerprint density at radius 2 is 1.48 bits per heavy atom. The summed E-state index contributed by atoms with van der Waals surface area (Å²) in [5.74, 6) is 1.61. The van der Waals surface area contributed by atoms with Crippen LogP contribution >= 0.6 is 0 Å². The number of benzene rings is 1. The largest absolute Gasteiger partial charge is 0.493 e. The average molecular weight is 320 g/mol. The first kappa shape index (κ1) is 20.0. The van der Waals surface area contributed by atoms with Crippen LogP contribution in [0.1, 0.15) is 90.8 Å². The zero-order valence-electron chi connectivity index (χ0n) is 16.5. The first-order valence-electron chi connectivity index (χ1n) is 9.04. The first-order chi connectivity index (χ1) is 10.5. The lowest BCUT2D eigenvalue weighted by Gasteiger charge is -2.31. The molecule has 1 atom stereocenters. The summed E-state index contributed by atoms with van der Waals surface area (Å²) in [6.07, 6.45) is 2.21. The fraction of sp³-hybridized carbons (Fsp3) is 0.714. The topological polar surface area (TPSA) is 35.2 Å². The fourth-order valence-corrected chi connectivity index (χ4v) is 2.94. The summed E-state index contributed by atoms with van der Waals surface area (Å²) in [5.41, 5.74) is 9.88. The Morgan fingerprint density at radius 3 is 1.83 bits per heavy atom. The van der Waals surface area contributed by atoms with Crippen LogP contribution in [0.5, 0.6) is 5.75 Å².